The van der Waals surface area contributed by atoms with Crippen LogP contribution in [-0.4, -0.2) is 4.98 Å². The molecule has 0 radical (unpaired) electrons. The van der Waals surface area contributed by atoms with E-state index in [1.807, 2.05) is 19.1 Å². The fraction of sp³-hybridized carbons (Fsp3) is 0.214. The topological polar surface area (TPSA) is 50.9 Å². The van der Waals surface area contributed by atoms with Crippen molar-refractivity contribution >= 4 is 0 Å². The van der Waals surface area contributed by atoms with Crippen molar-refractivity contribution in [1.82, 2.24) is 10.4 Å². The van der Waals surface area contributed by atoms with E-state index in [4.69, 9.17) is 5.84 Å². The standard InChI is InChI=1S/C14H16FN3/c1-10-13(3-2-8-17-10)14(18-16)9-11-4-6-12(15)7-5-11/h2-8,14,18H,9,16H2,1H3. The van der Waals surface area contributed by atoms with Gasteiger partial charge in [-0.05, 0) is 42.7 Å². The molecule has 0 aliphatic heterocycles. The summed E-state index contributed by atoms with van der Waals surface area (Å²) in [6.45, 7) is 1.95. The monoisotopic (exact) mass is 245 g/mol. The molecule has 0 fully saturated rings. The van der Waals surface area contributed by atoms with Crippen molar-refractivity contribution in [3.05, 3.63) is 65.2 Å². The van der Waals surface area contributed by atoms with Crippen molar-refractivity contribution in [2.75, 3.05) is 0 Å². The van der Waals surface area contributed by atoms with E-state index >= 15 is 0 Å². The summed E-state index contributed by atoms with van der Waals surface area (Å²) in [5, 5.41) is 0. The first-order chi connectivity index (χ1) is 8.70. The van der Waals surface area contributed by atoms with Crippen LogP contribution in [0.5, 0.6) is 0 Å². The zero-order chi connectivity index (χ0) is 13.0. The Bertz CT molecular complexity index is 511. The highest BCUT2D eigenvalue weighted by Gasteiger charge is 2.13. The Balaban J connectivity index is 2.20. The summed E-state index contributed by atoms with van der Waals surface area (Å²) in [6.07, 6.45) is 2.45. The SMILES string of the molecule is Cc1ncccc1C(Cc1ccc(F)cc1)NN. The van der Waals surface area contributed by atoms with Crippen LogP contribution < -0.4 is 11.3 Å². The Labute approximate surface area is 106 Å². The lowest BCUT2D eigenvalue weighted by Gasteiger charge is -2.18. The van der Waals surface area contributed by atoms with Gasteiger partial charge in [0.25, 0.3) is 0 Å². The van der Waals surface area contributed by atoms with E-state index in [0.29, 0.717) is 6.42 Å². The second kappa shape index (κ2) is 5.71. The van der Waals surface area contributed by atoms with Crippen LogP contribution in [0.3, 0.4) is 0 Å². The van der Waals surface area contributed by atoms with Gasteiger partial charge < -0.3 is 0 Å². The lowest BCUT2D eigenvalue weighted by molar-refractivity contribution is 0.546. The van der Waals surface area contributed by atoms with Gasteiger partial charge in [-0.15, -0.1) is 0 Å². The molecule has 1 unspecified atom stereocenters. The Morgan fingerprint density at radius 3 is 2.61 bits per heavy atom. The van der Waals surface area contributed by atoms with E-state index in [1.54, 1.807) is 18.3 Å². The van der Waals surface area contributed by atoms with Crippen molar-refractivity contribution in [3.63, 3.8) is 0 Å². The Kier molecular flexibility index (Phi) is 4.02. The van der Waals surface area contributed by atoms with Crippen LogP contribution in [0.15, 0.2) is 42.6 Å². The van der Waals surface area contributed by atoms with Gasteiger partial charge in [-0.2, -0.15) is 0 Å². The molecule has 1 aromatic carbocycles. The van der Waals surface area contributed by atoms with Gasteiger partial charge in [0.2, 0.25) is 0 Å². The van der Waals surface area contributed by atoms with Crippen molar-refractivity contribution < 1.29 is 4.39 Å². The molecule has 1 atom stereocenters. The number of hydrogen-bond donors (Lipinski definition) is 2. The summed E-state index contributed by atoms with van der Waals surface area (Å²) < 4.78 is 12.8. The van der Waals surface area contributed by atoms with Crippen LogP contribution in [0, 0.1) is 12.7 Å². The third-order valence-electron chi connectivity index (χ3n) is 2.98. The largest absolute Gasteiger partial charge is 0.271 e. The van der Waals surface area contributed by atoms with E-state index in [9.17, 15) is 4.39 Å². The number of aryl methyl sites for hydroxylation is 1. The van der Waals surface area contributed by atoms with Crippen molar-refractivity contribution in [2.45, 2.75) is 19.4 Å². The number of hydrazine groups is 1. The highest BCUT2D eigenvalue weighted by atomic mass is 19.1. The van der Waals surface area contributed by atoms with Gasteiger partial charge in [-0.3, -0.25) is 16.3 Å². The maximum Gasteiger partial charge on any atom is 0.123 e. The number of aromatic nitrogens is 1. The average Bonchev–Trinajstić information content (AvgIpc) is 2.39. The molecule has 0 bridgehead atoms. The zero-order valence-electron chi connectivity index (χ0n) is 10.2. The first-order valence-corrected chi connectivity index (χ1v) is 5.83. The van der Waals surface area contributed by atoms with E-state index in [-0.39, 0.29) is 11.9 Å². The molecular formula is C14H16FN3. The number of nitrogens with one attached hydrogen (secondary N) is 1. The molecule has 1 heterocycles. The maximum absolute atomic E-state index is 12.8. The second-order valence-corrected chi connectivity index (χ2v) is 4.23. The van der Waals surface area contributed by atoms with E-state index in [2.05, 4.69) is 10.4 Å². The lowest BCUT2D eigenvalue weighted by Crippen LogP contribution is -2.30. The average molecular weight is 245 g/mol. The number of pyridine rings is 1. The molecule has 0 aliphatic rings. The quantitative estimate of drug-likeness (QED) is 0.642. The molecule has 94 valence electrons. The molecule has 2 rings (SSSR count). The summed E-state index contributed by atoms with van der Waals surface area (Å²) in [4.78, 5) is 4.25. The van der Waals surface area contributed by atoms with Crippen LogP contribution in [0.2, 0.25) is 0 Å². The van der Waals surface area contributed by atoms with Gasteiger partial charge in [-0.25, -0.2) is 4.39 Å². The van der Waals surface area contributed by atoms with Crippen LogP contribution in [-0.2, 0) is 6.42 Å². The molecule has 18 heavy (non-hydrogen) atoms. The predicted molar refractivity (Wildman–Crippen MR) is 69.1 cm³/mol. The normalized spacial score (nSPS) is 12.4. The van der Waals surface area contributed by atoms with Crippen LogP contribution in [0.25, 0.3) is 0 Å². The summed E-state index contributed by atoms with van der Waals surface area (Å²) in [7, 11) is 0. The summed E-state index contributed by atoms with van der Waals surface area (Å²) in [5.41, 5.74) is 5.83. The molecule has 0 amide bonds. The minimum atomic E-state index is -0.228. The van der Waals surface area contributed by atoms with Crippen LogP contribution in [0.1, 0.15) is 22.9 Å². The molecule has 0 saturated heterocycles. The number of nitrogens with two attached hydrogens (primary N) is 1. The highest BCUT2D eigenvalue weighted by molar-refractivity contribution is 5.26. The molecule has 3 nitrogen and oxygen atoms in total. The van der Waals surface area contributed by atoms with Crippen LogP contribution >= 0.6 is 0 Å². The van der Waals surface area contributed by atoms with Gasteiger partial charge in [0.15, 0.2) is 0 Å². The summed E-state index contributed by atoms with van der Waals surface area (Å²) >= 11 is 0. The zero-order valence-corrected chi connectivity index (χ0v) is 10.2. The third kappa shape index (κ3) is 2.91. The second-order valence-electron chi connectivity index (χ2n) is 4.23. The van der Waals surface area contributed by atoms with E-state index in [1.165, 1.54) is 12.1 Å². The first kappa shape index (κ1) is 12.7. The molecule has 2 aromatic rings. The maximum atomic E-state index is 12.8. The molecule has 0 aliphatic carbocycles. The minimum absolute atomic E-state index is 0.0239. The Morgan fingerprint density at radius 1 is 1.28 bits per heavy atom. The summed E-state index contributed by atoms with van der Waals surface area (Å²) in [6, 6.07) is 10.3. The summed E-state index contributed by atoms with van der Waals surface area (Å²) in [5.74, 6) is 5.37. The minimum Gasteiger partial charge on any atom is -0.271 e. The fourth-order valence-corrected chi connectivity index (χ4v) is 1.98. The fourth-order valence-electron chi connectivity index (χ4n) is 1.98. The molecule has 4 heteroatoms. The molecule has 3 N–H and O–H groups in total. The Morgan fingerprint density at radius 2 is 2.00 bits per heavy atom. The van der Waals surface area contributed by atoms with E-state index in [0.717, 1.165) is 16.8 Å². The number of halogens is 1. The number of benzene rings is 1. The number of hydrogen-bond acceptors (Lipinski definition) is 3. The van der Waals surface area contributed by atoms with Crippen molar-refractivity contribution in [2.24, 2.45) is 5.84 Å². The number of nitrogens with zero attached hydrogens (tertiary/aromatic N) is 1. The highest BCUT2D eigenvalue weighted by Crippen LogP contribution is 2.19. The predicted octanol–water partition coefficient (Wildman–Crippen LogP) is 2.28. The first-order valence-electron chi connectivity index (χ1n) is 5.83. The lowest BCUT2D eigenvalue weighted by atomic mass is 9.98. The molecular weight excluding hydrogens is 229 g/mol. The third-order valence-corrected chi connectivity index (χ3v) is 2.98. The number of rotatable bonds is 4. The van der Waals surface area contributed by atoms with E-state index < -0.39 is 0 Å². The molecule has 1 aromatic heterocycles. The van der Waals surface area contributed by atoms with Gasteiger partial charge in [0.1, 0.15) is 5.82 Å². The van der Waals surface area contributed by atoms with Crippen LogP contribution in [0.4, 0.5) is 4.39 Å². The Hall–Kier alpha value is -1.78. The molecule has 0 spiro atoms. The smallest absolute Gasteiger partial charge is 0.123 e. The van der Waals surface area contributed by atoms with Crippen molar-refractivity contribution in [3.8, 4) is 0 Å². The van der Waals surface area contributed by atoms with Gasteiger partial charge in [0, 0.05) is 11.9 Å². The van der Waals surface area contributed by atoms with Gasteiger partial charge in [0.05, 0.1) is 6.04 Å². The van der Waals surface area contributed by atoms with Gasteiger partial charge in [-0.1, -0.05) is 18.2 Å². The molecule has 0 saturated carbocycles. The van der Waals surface area contributed by atoms with Crippen molar-refractivity contribution in [1.29, 1.82) is 0 Å². The van der Waals surface area contributed by atoms with Gasteiger partial charge >= 0.3 is 0 Å².